The highest BCUT2D eigenvalue weighted by Gasteiger charge is 2.65. The second-order valence-electron chi connectivity index (χ2n) is 16.2. The van der Waals surface area contributed by atoms with E-state index in [1.807, 2.05) is 42.5 Å². The summed E-state index contributed by atoms with van der Waals surface area (Å²) in [4.78, 5) is 25.0. The molecular weight excluding hydrogens is 751 g/mol. The number of hydrogen-bond acceptors (Lipinski definition) is 11. The van der Waals surface area contributed by atoms with Crippen LogP contribution in [-0.2, 0) is 16.2 Å². The molecule has 12 heteroatoms. The number of rotatable bonds is 20. The van der Waals surface area contributed by atoms with Gasteiger partial charge in [0.25, 0.3) is 5.91 Å². The maximum Gasteiger partial charge on any atom is 0.254 e. The van der Waals surface area contributed by atoms with E-state index in [9.17, 15) is 15.0 Å². The van der Waals surface area contributed by atoms with E-state index < -0.39 is 17.7 Å². The molecule has 314 valence electrons. The van der Waals surface area contributed by atoms with Gasteiger partial charge < -0.3 is 43.6 Å². The van der Waals surface area contributed by atoms with Crippen LogP contribution in [-0.4, -0.2) is 103 Å². The number of likely N-dealkylation sites (N-methyl/N-ethyl adjacent to an activating group) is 1. The molecule has 1 amide bonds. The number of allylic oxidation sites excluding steroid dienone is 1. The first-order chi connectivity index (χ1) is 28.9. The maximum atomic E-state index is 14.7. The monoisotopic (exact) mass is 807 g/mol. The summed E-state index contributed by atoms with van der Waals surface area (Å²) in [5.74, 6) is 0.658. The minimum absolute atomic E-state index is 0.101. The zero-order chi connectivity index (χ0) is 40.8. The number of aliphatic hydroxyl groups is 2. The first-order valence-electron chi connectivity index (χ1n) is 21.2. The Kier molecular flexibility index (Phi) is 12.9. The van der Waals surface area contributed by atoms with Gasteiger partial charge in [-0.25, -0.2) is 0 Å². The van der Waals surface area contributed by atoms with E-state index in [1.165, 1.54) is 0 Å². The van der Waals surface area contributed by atoms with Crippen molar-refractivity contribution in [2.24, 2.45) is 22.9 Å². The Hall–Kier alpha value is -4.88. The molecule has 2 N–H and O–H groups in total. The molecule has 2 fully saturated rings. The van der Waals surface area contributed by atoms with Crippen LogP contribution in [0.4, 0.5) is 0 Å². The van der Waals surface area contributed by atoms with E-state index in [-0.39, 0.29) is 56.9 Å². The quantitative estimate of drug-likeness (QED) is 0.0550. The third-order valence-electron chi connectivity index (χ3n) is 12.5. The second-order valence-corrected chi connectivity index (χ2v) is 16.2. The zero-order valence-corrected chi connectivity index (χ0v) is 34.0. The number of carbonyl (C=O) groups is 1. The van der Waals surface area contributed by atoms with Crippen molar-refractivity contribution in [3.8, 4) is 23.0 Å². The number of hydrogen-bond donors (Lipinski definition) is 2. The van der Waals surface area contributed by atoms with Gasteiger partial charge in [0.2, 0.25) is 12.6 Å². The van der Waals surface area contributed by atoms with Gasteiger partial charge in [-0.2, -0.15) is 0 Å². The number of ether oxygens (including phenoxy) is 5. The molecule has 0 spiro atoms. The van der Waals surface area contributed by atoms with E-state index in [2.05, 4.69) is 23.6 Å². The van der Waals surface area contributed by atoms with Crippen molar-refractivity contribution in [3.63, 3.8) is 0 Å². The van der Waals surface area contributed by atoms with Gasteiger partial charge in [0.15, 0.2) is 11.5 Å². The molecule has 8 rings (SSSR count). The van der Waals surface area contributed by atoms with Gasteiger partial charge in [0.1, 0.15) is 30.8 Å². The number of carbonyl (C=O) groups excluding carboxylic acids is 1. The number of benzene rings is 3. The Morgan fingerprint density at radius 1 is 0.983 bits per heavy atom. The van der Waals surface area contributed by atoms with Gasteiger partial charge in [-0.1, -0.05) is 60.5 Å². The molecule has 3 aliphatic heterocycles. The SMILES string of the molecule is C=CCO[C@@]12Oc3ccc(OCCN4CC4)cc3[C@H]3[C@H](CCCCO)[C@@H](CCCCO)C=C(C(=NOCc4ccccc4)C[C@@H]1N(C)C(=O)c1ccc4c(c1)OCO4)[C@H]32. The van der Waals surface area contributed by atoms with Gasteiger partial charge in [0, 0.05) is 63.4 Å². The lowest BCUT2D eigenvalue weighted by molar-refractivity contribution is -0.252. The molecule has 2 aliphatic carbocycles. The summed E-state index contributed by atoms with van der Waals surface area (Å²) >= 11 is 0. The molecule has 0 radical (unpaired) electrons. The topological polar surface area (TPSA) is 132 Å². The molecule has 1 saturated carbocycles. The average Bonchev–Trinajstić information content (AvgIpc) is 3.97. The molecule has 3 heterocycles. The van der Waals surface area contributed by atoms with Gasteiger partial charge in [-0.3, -0.25) is 9.69 Å². The van der Waals surface area contributed by atoms with Crippen LogP contribution in [0.3, 0.4) is 0 Å². The van der Waals surface area contributed by atoms with E-state index in [4.69, 9.17) is 33.7 Å². The normalized spacial score (nSPS) is 25.6. The largest absolute Gasteiger partial charge is 0.492 e. The van der Waals surface area contributed by atoms with E-state index >= 15 is 0 Å². The first kappa shape index (κ1) is 40.9. The summed E-state index contributed by atoms with van der Waals surface area (Å²) in [6.07, 6.45) is 9.16. The Balaban J connectivity index is 1.27. The molecule has 59 heavy (non-hydrogen) atoms. The average molecular weight is 808 g/mol. The predicted molar refractivity (Wildman–Crippen MR) is 223 cm³/mol. The van der Waals surface area contributed by atoms with Gasteiger partial charge >= 0.3 is 0 Å². The summed E-state index contributed by atoms with van der Waals surface area (Å²) in [7, 11) is 1.80. The van der Waals surface area contributed by atoms with Crippen LogP contribution in [0.15, 0.2) is 96.2 Å². The Labute approximate surface area is 347 Å². The van der Waals surface area contributed by atoms with E-state index in [0.717, 1.165) is 73.5 Å². The van der Waals surface area contributed by atoms with Crippen molar-refractivity contribution < 1.29 is 43.5 Å². The van der Waals surface area contributed by atoms with Crippen molar-refractivity contribution in [1.82, 2.24) is 9.80 Å². The van der Waals surface area contributed by atoms with Gasteiger partial charge in [-0.05, 0) is 85.1 Å². The molecule has 6 atom stereocenters. The molecule has 0 unspecified atom stereocenters. The van der Waals surface area contributed by atoms with Crippen LogP contribution in [0.1, 0.15) is 72.3 Å². The highest BCUT2D eigenvalue weighted by Crippen LogP contribution is 2.62. The van der Waals surface area contributed by atoms with Gasteiger partial charge in [-0.15, -0.1) is 6.58 Å². The molecular formula is C47H57N3O9. The van der Waals surface area contributed by atoms with Crippen LogP contribution in [0.2, 0.25) is 0 Å². The molecule has 3 aromatic carbocycles. The van der Waals surface area contributed by atoms with Crippen molar-refractivity contribution in [1.29, 1.82) is 0 Å². The molecule has 3 aromatic rings. The summed E-state index contributed by atoms with van der Waals surface area (Å²) < 4.78 is 32.0. The van der Waals surface area contributed by atoms with Crippen LogP contribution in [0.25, 0.3) is 0 Å². The smallest absolute Gasteiger partial charge is 0.254 e. The van der Waals surface area contributed by atoms with Crippen molar-refractivity contribution >= 4 is 11.6 Å². The van der Waals surface area contributed by atoms with E-state index in [0.29, 0.717) is 48.7 Å². The fourth-order valence-corrected chi connectivity index (χ4v) is 9.54. The molecule has 0 bridgehead atoms. The first-order valence-corrected chi connectivity index (χ1v) is 21.2. The van der Waals surface area contributed by atoms with Crippen molar-refractivity contribution in [2.75, 3.05) is 59.9 Å². The Morgan fingerprint density at radius 3 is 2.54 bits per heavy atom. The van der Waals surface area contributed by atoms with Crippen LogP contribution < -0.4 is 18.9 Å². The number of nitrogens with zero attached hydrogens (tertiary/aromatic N) is 3. The Bertz CT molecular complexity index is 2000. The van der Waals surface area contributed by atoms with Crippen molar-refractivity contribution in [3.05, 3.63) is 108 Å². The minimum atomic E-state index is -1.36. The Morgan fingerprint density at radius 2 is 1.76 bits per heavy atom. The zero-order valence-electron chi connectivity index (χ0n) is 34.0. The lowest BCUT2D eigenvalue weighted by Crippen LogP contribution is -2.69. The van der Waals surface area contributed by atoms with Gasteiger partial charge in [0.05, 0.1) is 18.2 Å². The number of unbranched alkanes of at least 4 members (excludes halogenated alkanes) is 2. The number of aliphatic hydroxyl groups excluding tert-OH is 2. The standard InChI is InChI=1S/C47H57N3O9/c1-3-24-57-47-43(49(2)46(53)34-15-17-41-42(27-34)56-31-55-41)29-39(48-58-30-32-11-5-4-6-12-32)37-26-33(13-7-9-22-51)36(14-8-10-23-52)44(45(37)47)38-28-35(16-18-40(38)59-47)54-25-21-50-19-20-50/h3-6,11-12,15-18,26-28,33,36,43-45,51-52H,1,7-10,13-14,19-25,29-31H2,2H3/t33-,36+,43-,44+,45+,47+/m0/s1. The lowest BCUT2D eigenvalue weighted by Gasteiger charge is -2.59. The lowest BCUT2D eigenvalue weighted by atomic mass is 9.55. The minimum Gasteiger partial charge on any atom is -0.492 e. The summed E-state index contributed by atoms with van der Waals surface area (Å²) in [6.45, 7) is 8.49. The third kappa shape index (κ3) is 8.73. The van der Waals surface area contributed by atoms with Crippen LogP contribution in [0, 0.1) is 17.8 Å². The fourth-order valence-electron chi connectivity index (χ4n) is 9.54. The van der Waals surface area contributed by atoms with Crippen LogP contribution in [0.5, 0.6) is 23.0 Å². The predicted octanol–water partition coefficient (Wildman–Crippen LogP) is 6.72. The number of fused-ring (bicyclic) bond motifs is 3. The number of amides is 1. The van der Waals surface area contributed by atoms with E-state index in [1.54, 1.807) is 36.2 Å². The number of oxime groups is 1. The highest BCUT2D eigenvalue weighted by atomic mass is 16.7. The highest BCUT2D eigenvalue weighted by molar-refractivity contribution is 6.03. The molecule has 1 saturated heterocycles. The summed E-state index contributed by atoms with van der Waals surface area (Å²) in [5, 5.41) is 24.7. The summed E-state index contributed by atoms with van der Waals surface area (Å²) in [5.41, 5.74) is 4.19. The van der Waals surface area contributed by atoms with Crippen LogP contribution >= 0.6 is 0 Å². The molecule has 0 aromatic heterocycles. The maximum absolute atomic E-state index is 14.7. The summed E-state index contributed by atoms with van der Waals surface area (Å²) in [6, 6.07) is 20.6. The fraction of sp³-hybridized carbons (Fsp3) is 0.489. The molecule has 12 nitrogen and oxygen atoms in total. The van der Waals surface area contributed by atoms with Crippen molar-refractivity contribution in [2.45, 2.75) is 69.3 Å². The third-order valence-corrected chi connectivity index (χ3v) is 12.5. The molecule has 5 aliphatic rings. The second kappa shape index (κ2) is 18.6.